The molecule has 10 heteroatoms. The van der Waals surface area contributed by atoms with Gasteiger partial charge in [0.15, 0.2) is 5.82 Å². The predicted molar refractivity (Wildman–Crippen MR) is 136 cm³/mol. The standard InChI is InChI=1S/C26H24ClFN4O3S/c1-15-25(36-19-5-3-4-16(10-19)26(34)35)20-6-7-21(27)23(28)24(20)32(15)14-22(33)31-9-8-17(13-31)18-11-29-30(2)12-18/h3-7,10-12,17H,8-9,13-14H2,1-2H3,(H,34,35). The summed E-state index contributed by atoms with van der Waals surface area (Å²) in [4.78, 5) is 28.0. The Kier molecular flexibility index (Phi) is 6.53. The summed E-state index contributed by atoms with van der Waals surface area (Å²) in [5, 5.41) is 14.2. The van der Waals surface area contributed by atoms with E-state index in [-0.39, 0.29) is 34.5 Å². The molecule has 1 N–H and O–H groups in total. The number of hydrogen-bond donors (Lipinski definition) is 1. The second kappa shape index (κ2) is 9.63. The molecule has 1 amide bonds. The molecule has 186 valence electrons. The zero-order valence-electron chi connectivity index (χ0n) is 19.7. The van der Waals surface area contributed by atoms with Crippen LogP contribution in [-0.2, 0) is 18.4 Å². The number of nitrogens with zero attached hydrogens (tertiary/aromatic N) is 4. The van der Waals surface area contributed by atoms with Gasteiger partial charge in [-0.25, -0.2) is 9.18 Å². The Morgan fingerprint density at radius 2 is 2.08 bits per heavy atom. The predicted octanol–water partition coefficient (Wildman–Crippen LogP) is 5.34. The van der Waals surface area contributed by atoms with Gasteiger partial charge in [0.1, 0.15) is 6.54 Å². The molecule has 0 spiro atoms. The molecular formula is C26H24ClFN4O3S. The molecule has 36 heavy (non-hydrogen) atoms. The highest BCUT2D eigenvalue weighted by Crippen LogP contribution is 2.41. The number of carboxylic acids is 1. The highest BCUT2D eigenvalue weighted by Gasteiger charge is 2.29. The van der Waals surface area contributed by atoms with Gasteiger partial charge in [-0.05, 0) is 49.2 Å². The molecule has 7 nitrogen and oxygen atoms in total. The molecular weight excluding hydrogens is 503 g/mol. The third-order valence-electron chi connectivity index (χ3n) is 6.65. The minimum Gasteiger partial charge on any atom is -0.478 e. The van der Waals surface area contributed by atoms with E-state index in [1.165, 1.54) is 23.9 Å². The summed E-state index contributed by atoms with van der Waals surface area (Å²) in [5.41, 5.74) is 2.26. The van der Waals surface area contributed by atoms with Gasteiger partial charge >= 0.3 is 5.97 Å². The normalized spacial score (nSPS) is 15.7. The summed E-state index contributed by atoms with van der Waals surface area (Å²) in [7, 11) is 1.87. The lowest BCUT2D eigenvalue weighted by Gasteiger charge is -2.18. The molecule has 2 aromatic heterocycles. The second-order valence-electron chi connectivity index (χ2n) is 8.97. The van der Waals surface area contributed by atoms with E-state index in [9.17, 15) is 14.7 Å². The Hall–Kier alpha value is -3.30. The number of carboxylic acid groups (broad SMARTS) is 1. The summed E-state index contributed by atoms with van der Waals surface area (Å²) >= 11 is 7.47. The van der Waals surface area contributed by atoms with Gasteiger partial charge < -0.3 is 14.6 Å². The Labute approximate surface area is 216 Å². The van der Waals surface area contributed by atoms with E-state index in [1.807, 2.05) is 31.3 Å². The summed E-state index contributed by atoms with van der Waals surface area (Å²) in [6, 6.07) is 9.83. The van der Waals surface area contributed by atoms with Gasteiger partial charge in [-0.1, -0.05) is 29.4 Å². The van der Waals surface area contributed by atoms with Gasteiger partial charge in [-0.15, -0.1) is 0 Å². The van der Waals surface area contributed by atoms with E-state index in [2.05, 4.69) is 5.10 Å². The van der Waals surface area contributed by atoms with Crippen molar-refractivity contribution in [2.24, 2.45) is 7.05 Å². The van der Waals surface area contributed by atoms with E-state index in [1.54, 1.807) is 33.5 Å². The van der Waals surface area contributed by atoms with E-state index < -0.39 is 11.8 Å². The minimum atomic E-state index is -1.02. The van der Waals surface area contributed by atoms with Gasteiger partial charge in [0.05, 0.1) is 22.3 Å². The first-order valence-corrected chi connectivity index (χ1v) is 12.7. The number of likely N-dealkylation sites (tertiary alicyclic amines) is 1. The molecule has 1 atom stereocenters. The number of fused-ring (bicyclic) bond motifs is 1. The van der Waals surface area contributed by atoms with Crippen molar-refractivity contribution in [2.45, 2.75) is 35.6 Å². The maximum absolute atomic E-state index is 15.3. The molecule has 2 aromatic carbocycles. The van der Waals surface area contributed by atoms with Crippen LogP contribution in [0.1, 0.15) is 34.0 Å². The molecule has 4 aromatic rings. The van der Waals surface area contributed by atoms with Crippen LogP contribution in [0, 0.1) is 12.7 Å². The van der Waals surface area contributed by atoms with Crippen molar-refractivity contribution in [3.63, 3.8) is 0 Å². The monoisotopic (exact) mass is 526 g/mol. The van der Waals surface area contributed by atoms with Gasteiger partial charge in [0.25, 0.3) is 0 Å². The van der Waals surface area contributed by atoms with Crippen LogP contribution >= 0.6 is 23.4 Å². The lowest BCUT2D eigenvalue weighted by atomic mass is 10.0. The van der Waals surface area contributed by atoms with E-state index >= 15 is 4.39 Å². The number of rotatable bonds is 6. The van der Waals surface area contributed by atoms with Crippen LogP contribution in [0.5, 0.6) is 0 Å². The number of aryl methyl sites for hydroxylation is 1. The summed E-state index contributed by atoms with van der Waals surface area (Å²) in [5.74, 6) is -1.46. The number of carbonyl (C=O) groups excluding carboxylic acids is 1. The zero-order valence-corrected chi connectivity index (χ0v) is 21.3. The second-order valence-corrected chi connectivity index (χ2v) is 10.5. The van der Waals surface area contributed by atoms with Gasteiger partial charge in [-0.2, -0.15) is 5.10 Å². The smallest absolute Gasteiger partial charge is 0.335 e. The average Bonchev–Trinajstić information content (AvgIpc) is 3.57. The zero-order chi connectivity index (χ0) is 25.6. The molecule has 1 saturated heterocycles. The number of aromatic nitrogens is 3. The SMILES string of the molecule is Cc1c(Sc2cccc(C(=O)O)c2)c2ccc(Cl)c(F)c2n1CC(=O)N1CCC(c2cnn(C)c2)C1. The van der Waals surface area contributed by atoms with Crippen molar-refractivity contribution in [2.75, 3.05) is 13.1 Å². The number of halogens is 2. The summed E-state index contributed by atoms with van der Waals surface area (Å²) in [6.45, 7) is 3.04. The van der Waals surface area contributed by atoms with Crippen LogP contribution in [0.4, 0.5) is 4.39 Å². The van der Waals surface area contributed by atoms with E-state index in [0.717, 1.165) is 16.9 Å². The highest BCUT2D eigenvalue weighted by molar-refractivity contribution is 7.99. The lowest BCUT2D eigenvalue weighted by Crippen LogP contribution is -2.32. The largest absolute Gasteiger partial charge is 0.478 e. The van der Waals surface area contributed by atoms with Gasteiger partial charge in [0, 0.05) is 53.1 Å². The molecule has 0 aliphatic carbocycles. The minimum absolute atomic E-state index is 0.0177. The quantitative estimate of drug-likeness (QED) is 0.367. The van der Waals surface area contributed by atoms with Crippen LogP contribution in [0.3, 0.4) is 0 Å². The third-order valence-corrected chi connectivity index (χ3v) is 8.15. The van der Waals surface area contributed by atoms with Crippen LogP contribution in [0.15, 0.2) is 58.6 Å². The Morgan fingerprint density at radius 3 is 2.81 bits per heavy atom. The maximum Gasteiger partial charge on any atom is 0.335 e. The van der Waals surface area contributed by atoms with Crippen molar-refractivity contribution in [1.29, 1.82) is 0 Å². The summed E-state index contributed by atoms with van der Waals surface area (Å²) in [6.07, 6.45) is 4.66. The van der Waals surface area contributed by atoms with E-state index in [0.29, 0.717) is 29.1 Å². The van der Waals surface area contributed by atoms with Crippen molar-refractivity contribution < 1.29 is 19.1 Å². The Balaban J connectivity index is 1.46. The molecule has 1 unspecified atom stereocenters. The van der Waals surface area contributed by atoms with Crippen molar-refractivity contribution >= 4 is 46.1 Å². The van der Waals surface area contributed by atoms with Gasteiger partial charge in [0.2, 0.25) is 5.91 Å². The molecule has 1 fully saturated rings. The van der Waals surface area contributed by atoms with Crippen molar-refractivity contribution in [3.8, 4) is 0 Å². The Bertz CT molecular complexity index is 1500. The first kappa shape index (κ1) is 24.4. The molecule has 0 bridgehead atoms. The molecule has 5 rings (SSSR count). The van der Waals surface area contributed by atoms with Crippen LogP contribution < -0.4 is 0 Å². The fourth-order valence-corrected chi connectivity index (χ4v) is 6.01. The molecule has 0 radical (unpaired) electrons. The molecule has 3 heterocycles. The first-order valence-electron chi connectivity index (χ1n) is 11.5. The first-order chi connectivity index (χ1) is 17.2. The fourth-order valence-electron chi connectivity index (χ4n) is 4.75. The van der Waals surface area contributed by atoms with E-state index in [4.69, 9.17) is 11.6 Å². The molecule has 1 aliphatic rings. The topological polar surface area (TPSA) is 80.4 Å². The summed E-state index contributed by atoms with van der Waals surface area (Å²) < 4.78 is 18.7. The van der Waals surface area contributed by atoms with Crippen LogP contribution in [-0.4, -0.2) is 49.3 Å². The number of hydrogen-bond acceptors (Lipinski definition) is 4. The average molecular weight is 527 g/mol. The number of carbonyl (C=O) groups is 2. The fraction of sp³-hybridized carbons (Fsp3) is 0.269. The molecule has 0 saturated carbocycles. The van der Waals surface area contributed by atoms with Gasteiger partial charge in [-0.3, -0.25) is 9.48 Å². The maximum atomic E-state index is 15.3. The number of benzene rings is 2. The number of amides is 1. The Morgan fingerprint density at radius 1 is 1.28 bits per heavy atom. The lowest BCUT2D eigenvalue weighted by molar-refractivity contribution is -0.130. The van der Waals surface area contributed by atoms with Crippen molar-refractivity contribution in [1.82, 2.24) is 19.2 Å². The van der Waals surface area contributed by atoms with Crippen LogP contribution in [0.2, 0.25) is 5.02 Å². The van der Waals surface area contributed by atoms with Crippen LogP contribution in [0.25, 0.3) is 10.9 Å². The highest BCUT2D eigenvalue weighted by atomic mass is 35.5. The third kappa shape index (κ3) is 4.49. The molecule has 1 aliphatic heterocycles. The van der Waals surface area contributed by atoms with Crippen molar-refractivity contribution in [3.05, 3.63) is 76.5 Å². The number of aromatic carboxylic acids is 1.